The molecule has 2 aliphatic heterocycles. The summed E-state index contributed by atoms with van der Waals surface area (Å²) < 4.78 is 5.44. The highest BCUT2D eigenvalue weighted by Crippen LogP contribution is 2.30. The number of halogens is 1. The normalized spacial score (nSPS) is 20.7. The average Bonchev–Trinajstić information content (AvgIpc) is 2.99. The highest BCUT2D eigenvalue weighted by Gasteiger charge is 2.32. The number of thioether (sulfide) groups is 1. The van der Waals surface area contributed by atoms with Gasteiger partial charge in [0.2, 0.25) is 11.8 Å². The van der Waals surface area contributed by atoms with E-state index in [0.717, 1.165) is 17.9 Å². The van der Waals surface area contributed by atoms with Crippen LogP contribution in [0.3, 0.4) is 0 Å². The molecule has 3 rings (SSSR count). The first kappa shape index (κ1) is 18.9. The molecule has 1 aromatic carbocycles. The Balaban J connectivity index is 0.00000208. The number of hydrogen-bond donors (Lipinski definition) is 1. The number of amides is 2. The number of carbonyl (C=O) groups is 2. The molecule has 1 N–H and O–H groups in total. The number of rotatable bonds is 4. The molecule has 0 radical (unpaired) electrons. The summed E-state index contributed by atoms with van der Waals surface area (Å²) in [5.41, 5.74) is 0.998. The topological polar surface area (TPSA) is 61.9 Å². The molecule has 0 bridgehead atoms. The Hall–Kier alpha value is -1.44. The zero-order valence-corrected chi connectivity index (χ0v) is 15.2. The van der Waals surface area contributed by atoms with Crippen LogP contribution in [0, 0.1) is 0 Å². The van der Waals surface area contributed by atoms with E-state index < -0.39 is 0 Å². The van der Waals surface area contributed by atoms with Crippen molar-refractivity contribution in [3.05, 3.63) is 29.8 Å². The first-order valence-corrected chi connectivity index (χ1v) is 8.85. The van der Waals surface area contributed by atoms with Crippen LogP contribution in [-0.2, 0) is 9.59 Å². The Kier molecular flexibility index (Phi) is 6.77. The highest BCUT2D eigenvalue weighted by molar-refractivity contribution is 8.00. The molecule has 1 aromatic rings. The maximum Gasteiger partial charge on any atom is 0.242 e. The monoisotopic (exact) mass is 371 g/mol. The maximum absolute atomic E-state index is 12.7. The third-order valence-electron chi connectivity index (χ3n) is 4.21. The van der Waals surface area contributed by atoms with Crippen LogP contribution >= 0.6 is 24.2 Å². The van der Waals surface area contributed by atoms with E-state index >= 15 is 0 Å². The van der Waals surface area contributed by atoms with E-state index in [9.17, 15) is 9.59 Å². The number of benzene rings is 1. The summed E-state index contributed by atoms with van der Waals surface area (Å²) in [5.74, 6) is 1.92. The van der Waals surface area contributed by atoms with Gasteiger partial charge in [0.05, 0.1) is 24.8 Å². The summed E-state index contributed by atoms with van der Waals surface area (Å²) in [6.45, 7) is 2.25. The van der Waals surface area contributed by atoms with Crippen molar-refractivity contribution in [3.8, 4) is 5.75 Å². The predicted octanol–water partition coefficient (Wildman–Crippen LogP) is 1.12. The first-order chi connectivity index (χ1) is 11.2. The quantitative estimate of drug-likeness (QED) is 0.859. The molecule has 1 unspecified atom stereocenters. The molecular weight excluding hydrogens is 350 g/mol. The van der Waals surface area contributed by atoms with Gasteiger partial charge >= 0.3 is 0 Å². The van der Waals surface area contributed by atoms with Gasteiger partial charge in [-0.1, -0.05) is 18.2 Å². The molecule has 0 saturated carbocycles. The van der Waals surface area contributed by atoms with Crippen LogP contribution in [0.2, 0.25) is 0 Å². The van der Waals surface area contributed by atoms with Crippen LogP contribution in [0.5, 0.6) is 5.75 Å². The summed E-state index contributed by atoms with van der Waals surface area (Å²) >= 11 is 1.56. The smallest absolute Gasteiger partial charge is 0.242 e. The Morgan fingerprint density at radius 1 is 1.42 bits per heavy atom. The van der Waals surface area contributed by atoms with Gasteiger partial charge in [-0.25, -0.2) is 0 Å². The standard InChI is InChI=1S/C16H21N3O3S.ClH/c1-22-14-5-3-2-4-12(14)13-8-17-6-7-19(13)15(20)9-18-11-23-10-16(18)21;/h2-5,13,17H,6-11H2,1H3;1H. The van der Waals surface area contributed by atoms with E-state index in [2.05, 4.69) is 5.32 Å². The lowest BCUT2D eigenvalue weighted by molar-refractivity contribution is -0.140. The lowest BCUT2D eigenvalue weighted by atomic mass is 10.0. The SMILES string of the molecule is COc1ccccc1C1CNCCN1C(=O)CN1CSCC1=O.Cl. The molecule has 8 heteroatoms. The summed E-state index contributed by atoms with van der Waals surface area (Å²) in [6.07, 6.45) is 0. The number of hydrogen-bond acceptors (Lipinski definition) is 5. The van der Waals surface area contributed by atoms with Gasteiger partial charge in [-0.2, -0.15) is 0 Å². The Morgan fingerprint density at radius 2 is 2.21 bits per heavy atom. The van der Waals surface area contributed by atoms with Crippen molar-refractivity contribution in [2.45, 2.75) is 6.04 Å². The molecule has 132 valence electrons. The van der Waals surface area contributed by atoms with Crippen LogP contribution in [0.4, 0.5) is 0 Å². The van der Waals surface area contributed by atoms with Gasteiger partial charge in [-0.15, -0.1) is 24.2 Å². The zero-order valence-electron chi connectivity index (χ0n) is 13.6. The molecule has 0 aliphatic carbocycles. The summed E-state index contributed by atoms with van der Waals surface area (Å²) in [5, 5.41) is 3.34. The number of piperazine rings is 1. The molecular formula is C16H22ClN3O3S. The Bertz CT molecular complexity index is 602. The third-order valence-corrected chi connectivity index (χ3v) is 5.16. The molecule has 0 spiro atoms. The average molecular weight is 372 g/mol. The van der Waals surface area contributed by atoms with Crippen LogP contribution < -0.4 is 10.1 Å². The molecule has 6 nitrogen and oxygen atoms in total. The lowest BCUT2D eigenvalue weighted by Crippen LogP contribution is -2.51. The number of nitrogens with one attached hydrogen (secondary N) is 1. The summed E-state index contributed by atoms with van der Waals surface area (Å²) in [4.78, 5) is 28.0. The summed E-state index contributed by atoms with van der Waals surface area (Å²) in [6, 6.07) is 7.71. The number of nitrogens with zero attached hydrogens (tertiary/aromatic N) is 2. The molecule has 2 aliphatic rings. The van der Waals surface area contributed by atoms with Gasteiger partial charge in [0.25, 0.3) is 0 Å². The van der Waals surface area contributed by atoms with Gasteiger partial charge in [0.1, 0.15) is 12.3 Å². The molecule has 24 heavy (non-hydrogen) atoms. The molecule has 2 amide bonds. The van der Waals surface area contributed by atoms with Crippen molar-refractivity contribution in [2.24, 2.45) is 0 Å². The van der Waals surface area contributed by atoms with Crippen LogP contribution in [0.15, 0.2) is 24.3 Å². The van der Waals surface area contributed by atoms with E-state index in [-0.39, 0.29) is 36.8 Å². The number of carbonyl (C=O) groups excluding carboxylic acids is 2. The van der Waals surface area contributed by atoms with Crippen LogP contribution in [0.25, 0.3) is 0 Å². The number of para-hydroxylation sites is 1. The van der Waals surface area contributed by atoms with Gasteiger partial charge in [0, 0.05) is 25.2 Å². The second-order valence-corrected chi connectivity index (χ2v) is 6.57. The van der Waals surface area contributed by atoms with Crippen LogP contribution in [-0.4, -0.2) is 66.5 Å². The van der Waals surface area contributed by atoms with E-state index in [4.69, 9.17) is 4.74 Å². The molecule has 0 aromatic heterocycles. The fraction of sp³-hybridized carbons (Fsp3) is 0.500. The van der Waals surface area contributed by atoms with Crippen molar-refractivity contribution in [2.75, 3.05) is 44.9 Å². The third kappa shape index (κ3) is 3.96. The molecule has 2 heterocycles. The van der Waals surface area contributed by atoms with E-state index in [0.29, 0.717) is 24.7 Å². The lowest BCUT2D eigenvalue weighted by Gasteiger charge is -2.37. The second kappa shape index (κ2) is 8.60. The van der Waals surface area contributed by atoms with E-state index in [1.165, 1.54) is 0 Å². The fourth-order valence-electron chi connectivity index (χ4n) is 3.02. The van der Waals surface area contributed by atoms with Crippen molar-refractivity contribution < 1.29 is 14.3 Å². The van der Waals surface area contributed by atoms with Crippen LogP contribution in [0.1, 0.15) is 11.6 Å². The van der Waals surface area contributed by atoms with E-state index in [1.807, 2.05) is 29.2 Å². The predicted molar refractivity (Wildman–Crippen MR) is 96.6 cm³/mol. The zero-order chi connectivity index (χ0) is 16.2. The van der Waals surface area contributed by atoms with Crippen molar-refractivity contribution in [1.29, 1.82) is 0 Å². The minimum absolute atomic E-state index is 0. The Labute approximate surface area is 152 Å². The number of ether oxygens (including phenoxy) is 1. The second-order valence-electron chi connectivity index (χ2n) is 5.62. The van der Waals surface area contributed by atoms with Gasteiger partial charge in [-0.05, 0) is 6.07 Å². The summed E-state index contributed by atoms with van der Waals surface area (Å²) in [7, 11) is 1.64. The van der Waals surface area contributed by atoms with Crippen molar-refractivity contribution in [3.63, 3.8) is 0 Å². The molecule has 1 atom stereocenters. The Morgan fingerprint density at radius 3 is 2.92 bits per heavy atom. The molecule has 2 fully saturated rings. The maximum atomic E-state index is 12.7. The van der Waals surface area contributed by atoms with Crippen molar-refractivity contribution >= 4 is 36.0 Å². The highest BCUT2D eigenvalue weighted by atomic mass is 35.5. The van der Waals surface area contributed by atoms with Crippen molar-refractivity contribution in [1.82, 2.24) is 15.1 Å². The van der Waals surface area contributed by atoms with E-state index in [1.54, 1.807) is 23.8 Å². The largest absolute Gasteiger partial charge is 0.496 e. The van der Waals surface area contributed by atoms with Gasteiger partial charge in [0.15, 0.2) is 0 Å². The number of methoxy groups -OCH3 is 1. The molecule has 2 saturated heterocycles. The minimum Gasteiger partial charge on any atom is -0.496 e. The minimum atomic E-state index is -0.0715. The first-order valence-electron chi connectivity index (χ1n) is 7.69. The fourth-order valence-corrected chi connectivity index (χ4v) is 3.92. The van der Waals surface area contributed by atoms with Gasteiger partial charge < -0.3 is 19.9 Å². The van der Waals surface area contributed by atoms with Gasteiger partial charge in [-0.3, -0.25) is 9.59 Å².